The van der Waals surface area contributed by atoms with Crippen LogP contribution >= 0.6 is 11.6 Å². The smallest absolute Gasteiger partial charge is 0.163 e. The molecular weight excluding hydrogens is 328 g/mol. The van der Waals surface area contributed by atoms with Crippen molar-refractivity contribution in [2.75, 3.05) is 0 Å². The molecular formula is C23H27ClO. The number of hydrogen-bond donors (Lipinski definition) is 0. The molecule has 0 aliphatic heterocycles. The Hall–Kier alpha value is -1.86. The molecule has 2 aromatic carbocycles. The van der Waals surface area contributed by atoms with E-state index in [9.17, 15) is 4.79 Å². The lowest BCUT2D eigenvalue weighted by Crippen LogP contribution is -2.06. The Kier molecular flexibility index (Phi) is 8.48. The Labute approximate surface area is 156 Å². The molecule has 0 spiro atoms. The van der Waals surface area contributed by atoms with E-state index in [4.69, 9.17) is 11.6 Å². The number of rotatable bonds is 10. The van der Waals surface area contributed by atoms with Crippen molar-refractivity contribution in [2.45, 2.75) is 51.4 Å². The molecule has 1 atom stereocenters. The third-order valence-corrected chi connectivity index (χ3v) is 4.64. The number of carbonyl (C=O) groups is 1. The molecule has 0 aliphatic carbocycles. The summed E-state index contributed by atoms with van der Waals surface area (Å²) in [5, 5.41) is 0.723. The van der Waals surface area contributed by atoms with Crippen LogP contribution in [0, 0.1) is 0 Å². The molecule has 2 heteroatoms. The normalized spacial score (nSPS) is 12.4. The van der Waals surface area contributed by atoms with Gasteiger partial charge in [0.25, 0.3) is 0 Å². The van der Waals surface area contributed by atoms with E-state index in [1.165, 1.54) is 25.7 Å². The molecule has 0 aromatic heterocycles. The molecule has 1 nitrogen and oxygen atoms in total. The fourth-order valence-electron chi connectivity index (χ4n) is 2.90. The highest BCUT2D eigenvalue weighted by atomic mass is 35.5. The highest BCUT2D eigenvalue weighted by Gasteiger charge is 2.14. The zero-order valence-electron chi connectivity index (χ0n) is 15.0. The number of Topliss-reactive ketones (excluding diaryl/α,β-unsaturated/α-hetero) is 1. The molecule has 0 saturated heterocycles. The minimum Gasteiger partial charge on any atom is -0.294 e. The molecule has 0 bridgehead atoms. The summed E-state index contributed by atoms with van der Waals surface area (Å²) in [6, 6.07) is 17.4. The minimum atomic E-state index is 0.0937. The highest BCUT2D eigenvalue weighted by molar-refractivity contribution is 6.30. The summed E-state index contributed by atoms with van der Waals surface area (Å²) in [5.74, 6) is 0.271. The summed E-state index contributed by atoms with van der Waals surface area (Å²) in [4.78, 5) is 12.6. The fraction of sp³-hybridized carbons (Fsp3) is 0.348. The maximum atomic E-state index is 12.6. The van der Waals surface area contributed by atoms with Gasteiger partial charge in [0.1, 0.15) is 0 Å². The summed E-state index contributed by atoms with van der Waals surface area (Å²) in [6.07, 6.45) is 11.0. The van der Waals surface area contributed by atoms with Crippen LogP contribution in [0.5, 0.6) is 0 Å². The monoisotopic (exact) mass is 354 g/mol. The largest absolute Gasteiger partial charge is 0.294 e. The maximum absolute atomic E-state index is 12.6. The Balaban J connectivity index is 2.05. The molecule has 0 radical (unpaired) electrons. The van der Waals surface area contributed by atoms with Crippen LogP contribution in [0.25, 0.3) is 0 Å². The standard InChI is InChI=1S/C23H27ClO/c1-2-3-4-5-6-8-13-21(19-14-16-22(24)17-15-19)18-23(25)20-11-9-7-10-12-20/h7-17,21H,2-6,18H2,1H3/b13-8+/t21-/m1/s1. The topological polar surface area (TPSA) is 17.1 Å². The number of halogens is 1. The van der Waals surface area contributed by atoms with Crippen LogP contribution in [0.3, 0.4) is 0 Å². The Morgan fingerprint density at radius 3 is 2.40 bits per heavy atom. The van der Waals surface area contributed by atoms with Gasteiger partial charge in [0.15, 0.2) is 5.78 Å². The highest BCUT2D eigenvalue weighted by Crippen LogP contribution is 2.25. The van der Waals surface area contributed by atoms with Crippen molar-refractivity contribution in [2.24, 2.45) is 0 Å². The van der Waals surface area contributed by atoms with Crippen molar-refractivity contribution in [1.82, 2.24) is 0 Å². The van der Waals surface area contributed by atoms with E-state index >= 15 is 0 Å². The molecule has 2 aromatic rings. The van der Waals surface area contributed by atoms with Crippen LogP contribution in [-0.2, 0) is 0 Å². The van der Waals surface area contributed by atoms with Crippen LogP contribution in [0.2, 0.25) is 5.02 Å². The average molecular weight is 355 g/mol. The quantitative estimate of drug-likeness (QED) is 0.250. The van der Waals surface area contributed by atoms with Gasteiger partial charge >= 0.3 is 0 Å². The zero-order chi connectivity index (χ0) is 17.9. The summed E-state index contributed by atoms with van der Waals surface area (Å²) >= 11 is 6.01. The molecule has 25 heavy (non-hydrogen) atoms. The van der Waals surface area contributed by atoms with Gasteiger partial charge in [-0.25, -0.2) is 0 Å². The lowest BCUT2D eigenvalue weighted by atomic mass is 9.91. The van der Waals surface area contributed by atoms with Crippen LogP contribution in [0.1, 0.15) is 67.3 Å². The van der Waals surface area contributed by atoms with Crippen molar-refractivity contribution in [3.05, 3.63) is 82.9 Å². The van der Waals surface area contributed by atoms with Crippen LogP contribution in [0.15, 0.2) is 66.7 Å². The predicted molar refractivity (Wildman–Crippen MR) is 107 cm³/mol. The van der Waals surface area contributed by atoms with Crippen LogP contribution < -0.4 is 0 Å². The lowest BCUT2D eigenvalue weighted by molar-refractivity contribution is 0.0978. The Morgan fingerprint density at radius 2 is 1.72 bits per heavy atom. The maximum Gasteiger partial charge on any atom is 0.163 e. The first-order valence-corrected chi connectivity index (χ1v) is 9.59. The summed E-state index contributed by atoms with van der Waals surface area (Å²) in [5.41, 5.74) is 1.91. The Bertz CT molecular complexity index is 658. The third-order valence-electron chi connectivity index (χ3n) is 4.39. The van der Waals surface area contributed by atoms with Gasteiger partial charge in [-0.05, 0) is 30.5 Å². The molecule has 0 heterocycles. The molecule has 0 saturated carbocycles. The van der Waals surface area contributed by atoms with E-state index < -0.39 is 0 Å². The first-order valence-electron chi connectivity index (χ1n) is 9.21. The van der Waals surface area contributed by atoms with Crippen LogP contribution in [-0.4, -0.2) is 5.78 Å². The van der Waals surface area contributed by atoms with Gasteiger partial charge in [-0.2, -0.15) is 0 Å². The summed E-state index contributed by atoms with van der Waals surface area (Å²) in [6.45, 7) is 2.22. The number of unbranched alkanes of at least 4 members (excludes halogenated alkanes) is 4. The van der Waals surface area contributed by atoms with E-state index in [1.807, 2.05) is 54.6 Å². The van der Waals surface area contributed by atoms with E-state index in [0.29, 0.717) is 6.42 Å². The number of hydrogen-bond acceptors (Lipinski definition) is 1. The van der Waals surface area contributed by atoms with Gasteiger partial charge in [0.05, 0.1) is 0 Å². The van der Waals surface area contributed by atoms with Crippen molar-refractivity contribution in [3.8, 4) is 0 Å². The first-order chi connectivity index (χ1) is 12.2. The van der Waals surface area contributed by atoms with Gasteiger partial charge in [0, 0.05) is 22.9 Å². The molecule has 0 unspecified atom stereocenters. The molecule has 0 aliphatic rings. The van der Waals surface area contributed by atoms with Crippen molar-refractivity contribution in [1.29, 1.82) is 0 Å². The zero-order valence-corrected chi connectivity index (χ0v) is 15.7. The second kappa shape index (κ2) is 10.9. The fourth-order valence-corrected chi connectivity index (χ4v) is 3.02. The van der Waals surface area contributed by atoms with Crippen molar-refractivity contribution >= 4 is 17.4 Å². The van der Waals surface area contributed by atoms with Gasteiger partial charge in [-0.1, -0.05) is 92.4 Å². The van der Waals surface area contributed by atoms with E-state index in [2.05, 4.69) is 19.1 Å². The number of carbonyl (C=O) groups excluding carboxylic acids is 1. The molecule has 0 amide bonds. The predicted octanol–water partition coefficient (Wildman–Crippen LogP) is 7.22. The van der Waals surface area contributed by atoms with E-state index in [-0.39, 0.29) is 11.7 Å². The second-order valence-corrected chi connectivity index (χ2v) is 6.87. The Morgan fingerprint density at radius 1 is 1.00 bits per heavy atom. The molecule has 0 N–H and O–H groups in total. The molecule has 0 fully saturated rings. The van der Waals surface area contributed by atoms with Crippen LogP contribution in [0.4, 0.5) is 0 Å². The minimum absolute atomic E-state index is 0.0937. The molecule has 132 valence electrons. The second-order valence-electron chi connectivity index (χ2n) is 6.43. The lowest BCUT2D eigenvalue weighted by Gasteiger charge is -2.13. The van der Waals surface area contributed by atoms with Gasteiger partial charge in [0.2, 0.25) is 0 Å². The van der Waals surface area contributed by atoms with E-state index in [1.54, 1.807) is 0 Å². The van der Waals surface area contributed by atoms with Crippen molar-refractivity contribution in [3.63, 3.8) is 0 Å². The van der Waals surface area contributed by atoms with Gasteiger partial charge in [-0.3, -0.25) is 4.79 Å². The number of ketones is 1. The van der Waals surface area contributed by atoms with E-state index in [0.717, 1.165) is 22.6 Å². The van der Waals surface area contributed by atoms with Gasteiger partial charge in [-0.15, -0.1) is 0 Å². The van der Waals surface area contributed by atoms with Crippen molar-refractivity contribution < 1.29 is 4.79 Å². The summed E-state index contributed by atoms with van der Waals surface area (Å²) in [7, 11) is 0. The molecule has 2 rings (SSSR count). The number of benzene rings is 2. The SMILES string of the molecule is CCCCCC/C=C/[C@H](CC(=O)c1ccccc1)c1ccc(Cl)cc1. The first kappa shape index (κ1) is 19.5. The third kappa shape index (κ3) is 6.88. The number of allylic oxidation sites excluding steroid dienone is 2. The summed E-state index contributed by atoms with van der Waals surface area (Å²) < 4.78 is 0. The average Bonchev–Trinajstić information content (AvgIpc) is 2.65. The van der Waals surface area contributed by atoms with Gasteiger partial charge < -0.3 is 0 Å².